The van der Waals surface area contributed by atoms with Gasteiger partial charge in [0, 0.05) is 6.42 Å². The van der Waals surface area contributed by atoms with Crippen LogP contribution in [-0.2, 0) is 9.59 Å². The highest BCUT2D eigenvalue weighted by Gasteiger charge is 2.32. The third-order valence-corrected chi connectivity index (χ3v) is 1.59. The zero-order valence-electron chi connectivity index (χ0n) is 8.90. The van der Waals surface area contributed by atoms with Crippen LogP contribution in [0.2, 0.25) is 0 Å². The summed E-state index contributed by atoms with van der Waals surface area (Å²) in [7, 11) is 0. The van der Waals surface area contributed by atoms with Gasteiger partial charge in [-0.05, 0) is 5.92 Å². The smallest absolute Gasteiger partial charge is 0.344 e. The van der Waals surface area contributed by atoms with Crippen molar-refractivity contribution < 1.29 is 27.2 Å². The molecule has 0 radical (unpaired) electrons. The number of carbonyl (C=O) groups excluding carboxylic acids is 2. The zero-order chi connectivity index (χ0) is 12.9. The Labute approximate surface area is 90.2 Å². The first-order chi connectivity index (χ1) is 7.13. The summed E-state index contributed by atoms with van der Waals surface area (Å²) in [5, 5.41) is 1.32. The molecule has 3 nitrogen and oxygen atoms in total. The second kappa shape index (κ2) is 5.81. The fraction of sp³-hybridized carbons (Fsp3) is 0.778. The molecule has 1 N–H and O–H groups in total. The summed E-state index contributed by atoms with van der Waals surface area (Å²) in [6.07, 6.45) is -7.32. The number of hydrogen-bond acceptors (Lipinski definition) is 2. The number of nitrogens with one attached hydrogen (secondary N) is 1. The Morgan fingerprint density at radius 2 is 1.75 bits per heavy atom. The second-order valence-corrected chi connectivity index (χ2v) is 3.76. The number of ketones is 1. The highest BCUT2D eigenvalue weighted by molar-refractivity contribution is 6.04. The SMILES string of the molecule is CC(C)CC(=O)C(F)C(=O)NCC(F)(F)F. The monoisotopic (exact) mass is 243 g/mol. The summed E-state index contributed by atoms with van der Waals surface area (Å²) < 4.78 is 48.0. The molecule has 0 aliphatic carbocycles. The van der Waals surface area contributed by atoms with Crippen molar-refractivity contribution >= 4 is 11.7 Å². The third kappa shape index (κ3) is 6.36. The van der Waals surface area contributed by atoms with Gasteiger partial charge in [0.05, 0.1) is 0 Å². The van der Waals surface area contributed by atoms with Crippen molar-refractivity contribution in [2.24, 2.45) is 5.92 Å². The van der Waals surface area contributed by atoms with Crippen molar-refractivity contribution in [1.29, 1.82) is 0 Å². The van der Waals surface area contributed by atoms with Gasteiger partial charge in [-0.1, -0.05) is 13.8 Å². The maximum Gasteiger partial charge on any atom is 0.405 e. The maximum absolute atomic E-state index is 13.0. The van der Waals surface area contributed by atoms with E-state index in [-0.39, 0.29) is 12.3 Å². The molecule has 0 saturated heterocycles. The molecule has 16 heavy (non-hydrogen) atoms. The number of alkyl halides is 4. The molecule has 0 bridgehead atoms. The van der Waals surface area contributed by atoms with Crippen LogP contribution in [0.15, 0.2) is 0 Å². The van der Waals surface area contributed by atoms with Crippen LogP contribution < -0.4 is 5.32 Å². The lowest BCUT2D eigenvalue weighted by atomic mass is 10.0. The Balaban J connectivity index is 4.13. The summed E-state index contributed by atoms with van der Waals surface area (Å²) in [5.41, 5.74) is 0. The number of Topliss-reactive ketones (excluding diaryl/α,β-unsaturated/α-hetero) is 1. The first kappa shape index (κ1) is 14.9. The summed E-state index contributed by atoms with van der Waals surface area (Å²) in [6.45, 7) is 1.64. The molecule has 0 aliphatic heterocycles. The van der Waals surface area contributed by atoms with E-state index in [1.165, 1.54) is 5.32 Å². The van der Waals surface area contributed by atoms with Crippen LogP contribution in [0.1, 0.15) is 20.3 Å². The molecule has 0 aromatic carbocycles. The second-order valence-electron chi connectivity index (χ2n) is 3.76. The quantitative estimate of drug-likeness (QED) is 0.589. The number of halogens is 4. The minimum atomic E-state index is -4.61. The molecule has 0 heterocycles. The Hall–Kier alpha value is -1.14. The highest BCUT2D eigenvalue weighted by atomic mass is 19.4. The Morgan fingerprint density at radius 3 is 2.12 bits per heavy atom. The van der Waals surface area contributed by atoms with Crippen LogP contribution in [0.4, 0.5) is 17.6 Å². The minimum absolute atomic E-state index is 0.152. The Kier molecular flexibility index (Phi) is 5.40. The van der Waals surface area contributed by atoms with Gasteiger partial charge in [-0.15, -0.1) is 0 Å². The van der Waals surface area contributed by atoms with Crippen LogP contribution in [0.3, 0.4) is 0 Å². The Bertz CT molecular complexity index is 263. The van der Waals surface area contributed by atoms with Crippen molar-refractivity contribution in [2.45, 2.75) is 32.6 Å². The van der Waals surface area contributed by atoms with E-state index in [1.807, 2.05) is 0 Å². The molecule has 1 unspecified atom stereocenters. The molecule has 1 amide bonds. The van der Waals surface area contributed by atoms with Crippen LogP contribution in [0, 0.1) is 5.92 Å². The molecule has 7 heteroatoms. The first-order valence-corrected chi connectivity index (χ1v) is 4.64. The molecule has 94 valence electrons. The average molecular weight is 243 g/mol. The van der Waals surface area contributed by atoms with Gasteiger partial charge in [0.1, 0.15) is 6.54 Å². The number of carbonyl (C=O) groups is 2. The van der Waals surface area contributed by atoms with E-state index in [0.29, 0.717) is 0 Å². The van der Waals surface area contributed by atoms with Crippen molar-refractivity contribution in [2.75, 3.05) is 6.54 Å². The maximum atomic E-state index is 13.0. The molecule has 0 fully saturated rings. The van der Waals surface area contributed by atoms with E-state index in [1.54, 1.807) is 13.8 Å². The Morgan fingerprint density at radius 1 is 1.25 bits per heavy atom. The number of rotatable bonds is 5. The topological polar surface area (TPSA) is 46.2 Å². The van der Waals surface area contributed by atoms with Gasteiger partial charge >= 0.3 is 6.18 Å². The molecule has 0 saturated carbocycles. The van der Waals surface area contributed by atoms with Gasteiger partial charge < -0.3 is 5.32 Å². The molecule has 0 spiro atoms. The van der Waals surface area contributed by atoms with Crippen molar-refractivity contribution in [3.8, 4) is 0 Å². The molecule has 0 aromatic heterocycles. The molecule has 0 aliphatic rings. The summed E-state index contributed by atoms with van der Waals surface area (Å²) in [6, 6.07) is 0. The van der Waals surface area contributed by atoms with E-state index < -0.39 is 30.6 Å². The van der Waals surface area contributed by atoms with Gasteiger partial charge in [-0.2, -0.15) is 13.2 Å². The van der Waals surface area contributed by atoms with E-state index in [4.69, 9.17) is 0 Å². The van der Waals surface area contributed by atoms with Crippen LogP contribution >= 0.6 is 0 Å². The van der Waals surface area contributed by atoms with Gasteiger partial charge in [0.25, 0.3) is 5.91 Å². The van der Waals surface area contributed by atoms with Crippen molar-refractivity contribution in [3.05, 3.63) is 0 Å². The third-order valence-electron chi connectivity index (χ3n) is 1.59. The predicted molar refractivity (Wildman–Crippen MR) is 48.4 cm³/mol. The fourth-order valence-corrected chi connectivity index (χ4v) is 0.929. The molecular formula is C9H13F4NO2. The molecule has 0 rings (SSSR count). The van der Waals surface area contributed by atoms with Crippen molar-refractivity contribution in [1.82, 2.24) is 5.32 Å². The van der Waals surface area contributed by atoms with E-state index in [2.05, 4.69) is 0 Å². The molecular weight excluding hydrogens is 230 g/mol. The standard InChI is InChI=1S/C9H13F4NO2/c1-5(2)3-6(15)7(10)8(16)14-4-9(11,12)13/h5,7H,3-4H2,1-2H3,(H,14,16). The predicted octanol–water partition coefficient (Wildman–Crippen LogP) is 1.62. The van der Waals surface area contributed by atoms with E-state index >= 15 is 0 Å². The van der Waals surface area contributed by atoms with Crippen LogP contribution in [0.5, 0.6) is 0 Å². The van der Waals surface area contributed by atoms with Crippen LogP contribution in [-0.4, -0.2) is 30.6 Å². The van der Waals surface area contributed by atoms with E-state index in [9.17, 15) is 27.2 Å². The number of amides is 1. The van der Waals surface area contributed by atoms with Crippen LogP contribution in [0.25, 0.3) is 0 Å². The lowest BCUT2D eigenvalue weighted by Gasteiger charge is -2.11. The normalized spacial score (nSPS) is 13.7. The minimum Gasteiger partial charge on any atom is -0.344 e. The first-order valence-electron chi connectivity index (χ1n) is 4.64. The largest absolute Gasteiger partial charge is 0.405 e. The highest BCUT2D eigenvalue weighted by Crippen LogP contribution is 2.13. The van der Waals surface area contributed by atoms with Gasteiger partial charge in [0.15, 0.2) is 5.78 Å². The summed E-state index contributed by atoms with van der Waals surface area (Å²) in [5.74, 6) is -2.70. The lowest BCUT2D eigenvalue weighted by Crippen LogP contribution is -2.41. The molecule has 0 aromatic rings. The van der Waals surface area contributed by atoms with E-state index in [0.717, 1.165) is 0 Å². The fourth-order valence-electron chi connectivity index (χ4n) is 0.929. The van der Waals surface area contributed by atoms with Gasteiger partial charge in [-0.3, -0.25) is 9.59 Å². The lowest BCUT2D eigenvalue weighted by molar-refractivity contribution is -0.145. The summed E-state index contributed by atoms with van der Waals surface area (Å²) in [4.78, 5) is 21.8. The number of hydrogen-bond donors (Lipinski definition) is 1. The average Bonchev–Trinajstić information content (AvgIpc) is 2.10. The zero-order valence-corrected chi connectivity index (χ0v) is 8.90. The van der Waals surface area contributed by atoms with Crippen molar-refractivity contribution in [3.63, 3.8) is 0 Å². The molecule has 1 atom stereocenters. The summed E-state index contributed by atoms with van der Waals surface area (Å²) >= 11 is 0. The van der Waals surface area contributed by atoms with Gasteiger partial charge in [0.2, 0.25) is 6.17 Å². The van der Waals surface area contributed by atoms with Gasteiger partial charge in [-0.25, -0.2) is 4.39 Å².